The highest BCUT2D eigenvalue weighted by molar-refractivity contribution is 5.89. The molecule has 36 heavy (non-hydrogen) atoms. The lowest BCUT2D eigenvalue weighted by atomic mass is 10.0. The molecule has 4 aromatic rings. The summed E-state index contributed by atoms with van der Waals surface area (Å²) in [6, 6.07) is 21.7. The number of esters is 1. The number of para-hydroxylation sites is 1. The van der Waals surface area contributed by atoms with Crippen molar-refractivity contribution in [2.24, 2.45) is 0 Å². The summed E-state index contributed by atoms with van der Waals surface area (Å²) in [5.41, 5.74) is 5.25. The number of hydrogen-bond acceptors (Lipinski definition) is 4. The molecule has 0 aliphatic heterocycles. The van der Waals surface area contributed by atoms with Gasteiger partial charge in [0.05, 0.1) is 38.5 Å². The molecule has 0 unspecified atom stereocenters. The number of fused-ring (bicyclic) bond motifs is 1. The van der Waals surface area contributed by atoms with Gasteiger partial charge in [-0.2, -0.15) is 0 Å². The summed E-state index contributed by atoms with van der Waals surface area (Å²) in [5, 5.41) is 1.21. The summed E-state index contributed by atoms with van der Waals surface area (Å²) in [6.45, 7) is 3.23. The van der Waals surface area contributed by atoms with Crippen molar-refractivity contribution in [2.75, 3.05) is 20.8 Å². The molecule has 0 fully saturated rings. The van der Waals surface area contributed by atoms with Gasteiger partial charge in [0.2, 0.25) is 0 Å². The molecule has 0 N–H and O–H groups in total. The van der Waals surface area contributed by atoms with E-state index in [0.717, 1.165) is 54.7 Å². The van der Waals surface area contributed by atoms with Crippen LogP contribution in [0.15, 0.2) is 72.9 Å². The minimum Gasteiger partial charge on any atom is -0.496 e. The first-order chi connectivity index (χ1) is 17.7. The number of aromatic nitrogens is 1. The lowest BCUT2D eigenvalue weighted by molar-refractivity contribution is 0.0500. The van der Waals surface area contributed by atoms with Crippen molar-refractivity contribution in [1.82, 2.24) is 4.57 Å². The molecule has 0 spiro atoms. The maximum atomic E-state index is 12.2. The van der Waals surface area contributed by atoms with Crippen LogP contribution in [0.25, 0.3) is 10.9 Å². The van der Waals surface area contributed by atoms with Crippen molar-refractivity contribution in [3.8, 4) is 11.5 Å². The third-order valence-electron chi connectivity index (χ3n) is 6.56. The van der Waals surface area contributed by atoms with E-state index < -0.39 is 0 Å². The van der Waals surface area contributed by atoms with Crippen LogP contribution in [0.4, 0.5) is 0 Å². The number of nitrogens with zero attached hydrogens (tertiary/aromatic N) is 1. The van der Waals surface area contributed by atoms with Gasteiger partial charge in [0.1, 0.15) is 11.5 Å². The maximum absolute atomic E-state index is 12.2. The first-order valence-corrected chi connectivity index (χ1v) is 12.7. The van der Waals surface area contributed by atoms with E-state index in [1.807, 2.05) is 18.2 Å². The van der Waals surface area contributed by atoms with Gasteiger partial charge >= 0.3 is 5.97 Å². The van der Waals surface area contributed by atoms with Crippen LogP contribution in [0, 0.1) is 0 Å². The van der Waals surface area contributed by atoms with Crippen molar-refractivity contribution < 1.29 is 19.0 Å². The van der Waals surface area contributed by atoms with Crippen molar-refractivity contribution in [3.05, 3.63) is 95.2 Å². The van der Waals surface area contributed by atoms with Crippen LogP contribution >= 0.6 is 0 Å². The summed E-state index contributed by atoms with van der Waals surface area (Å²) in [7, 11) is 3.45. The Kier molecular flexibility index (Phi) is 8.66. The molecule has 0 aliphatic rings. The summed E-state index contributed by atoms with van der Waals surface area (Å²) < 4.78 is 19.4. The molecule has 0 atom stereocenters. The van der Waals surface area contributed by atoms with Crippen molar-refractivity contribution in [2.45, 2.75) is 45.6 Å². The van der Waals surface area contributed by atoms with E-state index in [2.05, 4.69) is 54.1 Å². The minimum absolute atomic E-state index is 0.278. The van der Waals surface area contributed by atoms with E-state index in [9.17, 15) is 4.79 Å². The van der Waals surface area contributed by atoms with Gasteiger partial charge in [-0.05, 0) is 61.1 Å². The Morgan fingerprint density at radius 3 is 2.33 bits per heavy atom. The highest BCUT2D eigenvalue weighted by atomic mass is 16.5. The van der Waals surface area contributed by atoms with E-state index in [1.165, 1.54) is 16.5 Å². The van der Waals surface area contributed by atoms with Crippen LogP contribution in [0.2, 0.25) is 0 Å². The molecule has 4 rings (SSSR count). The second-order valence-electron chi connectivity index (χ2n) is 8.95. The Morgan fingerprint density at radius 1 is 0.833 bits per heavy atom. The maximum Gasteiger partial charge on any atom is 0.338 e. The molecule has 0 amide bonds. The largest absolute Gasteiger partial charge is 0.496 e. The fraction of sp³-hybridized carbons (Fsp3) is 0.323. The first-order valence-electron chi connectivity index (χ1n) is 12.7. The van der Waals surface area contributed by atoms with Crippen molar-refractivity contribution >= 4 is 16.9 Å². The number of aryl methyl sites for hydroxylation is 2. The fourth-order valence-electron chi connectivity index (χ4n) is 4.73. The number of rotatable bonds is 12. The van der Waals surface area contributed by atoms with E-state index in [0.29, 0.717) is 18.7 Å². The van der Waals surface area contributed by atoms with E-state index in [1.54, 1.807) is 26.4 Å². The predicted octanol–water partition coefficient (Wildman–Crippen LogP) is 6.84. The molecule has 0 saturated carbocycles. The van der Waals surface area contributed by atoms with Gasteiger partial charge in [-0.1, -0.05) is 55.8 Å². The molecule has 0 aliphatic carbocycles. The molecular weight excluding hydrogens is 450 g/mol. The smallest absolute Gasteiger partial charge is 0.338 e. The number of methoxy groups -OCH3 is 2. The second-order valence-corrected chi connectivity index (χ2v) is 8.95. The average molecular weight is 486 g/mol. The van der Waals surface area contributed by atoms with E-state index >= 15 is 0 Å². The predicted molar refractivity (Wildman–Crippen MR) is 144 cm³/mol. The molecule has 1 aromatic heterocycles. The Balaban J connectivity index is 1.54. The average Bonchev–Trinajstić information content (AvgIpc) is 3.27. The Bertz CT molecular complexity index is 1290. The number of carbonyl (C=O) groups is 1. The molecule has 0 saturated heterocycles. The highest BCUT2D eigenvalue weighted by Crippen LogP contribution is 2.35. The second kappa shape index (κ2) is 12.3. The fourth-order valence-corrected chi connectivity index (χ4v) is 4.73. The molecular formula is C31H35NO4. The Labute approximate surface area is 213 Å². The van der Waals surface area contributed by atoms with E-state index in [-0.39, 0.29) is 5.97 Å². The zero-order valence-corrected chi connectivity index (χ0v) is 21.5. The Hall–Kier alpha value is -3.73. The first kappa shape index (κ1) is 25.4. The molecule has 0 radical (unpaired) electrons. The quantitative estimate of drug-likeness (QED) is 0.163. The molecule has 3 aromatic carbocycles. The summed E-state index contributed by atoms with van der Waals surface area (Å²) in [4.78, 5) is 12.2. The van der Waals surface area contributed by atoms with Gasteiger partial charge < -0.3 is 18.8 Å². The normalized spacial score (nSPS) is 11.0. The summed E-state index contributed by atoms with van der Waals surface area (Å²) in [5.74, 6) is 1.47. The molecule has 188 valence electrons. The van der Waals surface area contributed by atoms with Gasteiger partial charge in [0.25, 0.3) is 0 Å². The molecule has 5 nitrogen and oxygen atoms in total. The third kappa shape index (κ3) is 5.73. The van der Waals surface area contributed by atoms with Gasteiger partial charge in [0.15, 0.2) is 0 Å². The zero-order chi connectivity index (χ0) is 25.3. The van der Waals surface area contributed by atoms with Gasteiger partial charge in [0, 0.05) is 17.1 Å². The van der Waals surface area contributed by atoms with Gasteiger partial charge in [-0.15, -0.1) is 0 Å². The van der Waals surface area contributed by atoms with Crippen molar-refractivity contribution in [3.63, 3.8) is 0 Å². The van der Waals surface area contributed by atoms with Crippen LogP contribution in [0.3, 0.4) is 0 Å². The standard InChI is InChI=1S/C31H35NO4/c1-4-5-12-23-18-19-29(34-2)27(30(23)35-3)22-32-21-25(26-16-9-10-17-28(26)32)15-11-20-36-31(33)24-13-7-6-8-14-24/h6-10,13-14,16-19,21H,4-5,11-12,15,20,22H2,1-3H3. The summed E-state index contributed by atoms with van der Waals surface area (Å²) in [6.07, 6.45) is 7.02. The monoisotopic (exact) mass is 485 g/mol. The van der Waals surface area contributed by atoms with Crippen LogP contribution in [0.1, 0.15) is 53.2 Å². The van der Waals surface area contributed by atoms with Crippen LogP contribution in [-0.4, -0.2) is 31.4 Å². The lowest BCUT2D eigenvalue weighted by Gasteiger charge is -2.18. The third-order valence-corrected chi connectivity index (χ3v) is 6.56. The van der Waals surface area contributed by atoms with Crippen LogP contribution in [-0.2, 0) is 24.1 Å². The van der Waals surface area contributed by atoms with Gasteiger partial charge in [-0.3, -0.25) is 0 Å². The number of unbranched alkanes of at least 4 members (excludes halogenated alkanes) is 1. The van der Waals surface area contributed by atoms with Crippen molar-refractivity contribution in [1.29, 1.82) is 0 Å². The molecule has 1 heterocycles. The lowest BCUT2D eigenvalue weighted by Crippen LogP contribution is -2.07. The minimum atomic E-state index is -0.278. The molecule has 5 heteroatoms. The zero-order valence-electron chi connectivity index (χ0n) is 21.5. The SMILES string of the molecule is CCCCc1ccc(OC)c(Cn2cc(CCCOC(=O)c3ccccc3)c3ccccc32)c1OC. The number of hydrogen-bond donors (Lipinski definition) is 0. The van der Waals surface area contributed by atoms with Gasteiger partial charge in [-0.25, -0.2) is 4.79 Å². The number of carbonyl (C=O) groups excluding carboxylic acids is 1. The highest BCUT2D eigenvalue weighted by Gasteiger charge is 2.17. The number of ether oxygens (including phenoxy) is 3. The van der Waals surface area contributed by atoms with E-state index in [4.69, 9.17) is 14.2 Å². The Morgan fingerprint density at radius 2 is 1.58 bits per heavy atom. The molecule has 0 bridgehead atoms. The summed E-state index contributed by atoms with van der Waals surface area (Å²) >= 11 is 0. The van der Waals surface area contributed by atoms with Crippen LogP contribution < -0.4 is 9.47 Å². The topological polar surface area (TPSA) is 49.7 Å². The van der Waals surface area contributed by atoms with Crippen LogP contribution in [0.5, 0.6) is 11.5 Å². The number of benzene rings is 3.